The Morgan fingerprint density at radius 2 is 2.14 bits per heavy atom. The molecule has 0 aliphatic carbocycles. The van der Waals surface area contributed by atoms with Gasteiger partial charge in [0.05, 0.1) is 0 Å². The Hall–Kier alpha value is -2.15. The molecule has 2 aromatic heterocycles. The molecule has 1 aliphatic rings. The van der Waals surface area contributed by atoms with Gasteiger partial charge in [0.25, 0.3) is 0 Å². The highest BCUT2D eigenvalue weighted by Crippen LogP contribution is 2.18. The van der Waals surface area contributed by atoms with Gasteiger partial charge < -0.3 is 15.1 Å². The van der Waals surface area contributed by atoms with Gasteiger partial charge in [0.2, 0.25) is 0 Å². The highest BCUT2D eigenvalue weighted by Gasteiger charge is 2.21. The zero-order valence-electron chi connectivity index (χ0n) is 11.6. The zero-order valence-corrected chi connectivity index (χ0v) is 12.4. The summed E-state index contributed by atoms with van der Waals surface area (Å²) in [5.74, 6) is 0. The average molecular weight is 303 g/mol. The first-order chi connectivity index (χ1) is 10.3. The molecule has 3 rings (SSSR count). The first-order valence-electron chi connectivity index (χ1n) is 6.89. The Balaban J connectivity index is 1.47. The molecule has 21 heavy (non-hydrogen) atoms. The fourth-order valence-electron chi connectivity index (χ4n) is 2.27. The third-order valence-corrected chi connectivity index (χ3v) is 4.26. The number of urea groups is 1. The molecule has 0 saturated carbocycles. The molecule has 0 unspecified atom stereocenters. The number of hydrogen-bond acceptors (Lipinski definition) is 5. The molecule has 0 atom stereocenters. The van der Waals surface area contributed by atoms with Crippen LogP contribution in [-0.4, -0.2) is 47.1 Å². The predicted octanol–water partition coefficient (Wildman–Crippen LogP) is 1.57. The largest absolute Gasteiger partial charge is 0.345 e. The minimum absolute atomic E-state index is 0.0161. The number of nitrogens with one attached hydrogen (secondary N) is 1. The topological polar surface area (TPSA) is 61.4 Å². The molecule has 0 aromatic carbocycles. The van der Waals surface area contributed by atoms with E-state index < -0.39 is 0 Å². The lowest BCUT2D eigenvalue weighted by atomic mass is 10.3. The summed E-state index contributed by atoms with van der Waals surface area (Å²) in [6.45, 7) is 3.61. The van der Waals surface area contributed by atoms with Crippen molar-refractivity contribution < 1.29 is 4.79 Å². The minimum Gasteiger partial charge on any atom is -0.345 e. The van der Waals surface area contributed by atoms with E-state index in [0.717, 1.165) is 36.9 Å². The van der Waals surface area contributed by atoms with E-state index in [1.807, 2.05) is 28.6 Å². The number of nitrogens with zero attached hydrogens (tertiary/aromatic N) is 4. The summed E-state index contributed by atoms with van der Waals surface area (Å²) in [5.41, 5.74) is 1.01. The SMILES string of the molecule is O=C(NCc1cccnc1)N1CCN(c2nccs2)CC1. The first kappa shape index (κ1) is 13.8. The third-order valence-electron chi connectivity index (χ3n) is 3.42. The Morgan fingerprint density at radius 3 is 2.81 bits per heavy atom. The maximum atomic E-state index is 12.1. The fraction of sp³-hybridized carbons (Fsp3) is 0.357. The first-order valence-corrected chi connectivity index (χ1v) is 7.77. The molecule has 6 nitrogen and oxygen atoms in total. The molecule has 0 bridgehead atoms. The normalized spacial score (nSPS) is 15.0. The third kappa shape index (κ3) is 3.49. The number of thiazole rings is 1. The Bertz CT molecular complexity index is 566. The van der Waals surface area contributed by atoms with Crippen LogP contribution in [0.1, 0.15) is 5.56 Å². The maximum Gasteiger partial charge on any atom is 0.317 e. The van der Waals surface area contributed by atoms with Crippen molar-refractivity contribution in [2.24, 2.45) is 0 Å². The summed E-state index contributed by atoms with van der Waals surface area (Å²) in [5, 5.41) is 5.94. The quantitative estimate of drug-likeness (QED) is 0.935. The van der Waals surface area contributed by atoms with Gasteiger partial charge in [-0.05, 0) is 11.6 Å². The van der Waals surface area contributed by atoms with E-state index >= 15 is 0 Å². The molecule has 110 valence electrons. The van der Waals surface area contributed by atoms with Crippen LogP contribution in [0.3, 0.4) is 0 Å². The molecule has 0 radical (unpaired) electrons. The number of aromatic nitrogens is 2. The molecule has 1 N–H and O–H groups in total. The molecule has 1 saturated heterocycles. The average Bonchev–Trinajstić information content (AvgIpc) is 3.08. The van der Waals surface area contributed by atoms with Gasteiger partial charge in [0.1, 0.15) is 0 Å². The number of amides is 2. The number of rotatable bonds is 3. The molecule has 2 amide bonds. The highest BCUT2D eigenvalue weighted by atomic mass is 32.1. The monoisotopic (exact) mass is 303 g/mol. The van der Waals surface area contributed by atoms with Crippen molar-refractivity contribution in [1.82, 2.24) is 20.2 Å². The molecular formula is C14H17N5OS. The van der Waals surface area contributed by atoms with Gasteiger partial charge in [-0.3, -0.25) is 4.98 Å². The van der Waals surface area contributed by atoms with Gasteiger partial charge in [-0.1, -0.05) is 6.07 Å². The van der Waals surface area contributed by atoms with E-state index in [-0.39, 0.29) is 6.03 Å². The molecule has 0 spiro atoms. The smallest absolute Gasteiger partial charge is 0.317 e. The van der Waals surface area contributed by atoms with Crippen molar-refractivity contribution in [3.8, 4) is 0 Å². The van der Waals surface area contributed by atoms with Crippen LogP contribution in [0.5, 0.6) is 0 Å². The Kier molecular flexibility index (Phi) is 4.30. The summed E-state index contributed by atoms with van der Waals surface area (Å²) < 4.78 is 0. The lowest BCUT2D eigenvalue weighted by molar-refractivity contribution is 0.194. The van der Waals surface area contributed by atoms with Crippen molar-refractivity contribution in [3.63, 3.8) is 0 Å². The molecule has 1 aliphatic heterocycles. The van der Waals surface area contributed by atoms with Gasteiger partial charge in [-0.15, -0.1) is 11.3 Å². The predicted molar refractivity (Wildman–Crippen MR) is 82.4 cm³/mol. The summed E-state index contributed by atoms with van der Waals surface area (Å²) in [6, 6.07) is 3.81. The second-order valence-corrected chi connectivity index (χ2v) is 5.68. The van der Waals surface area contributed by atoms with E-state index in [9.17, 15) is 4.79 Å². The fourth-order valence-corrected chi connectivity index (χ4v) is 2.96. The maximum absolute atomic E-state index is 12.1. The number of piperazine rings is 1. The summed E-state index contributed by atoms with van der Waals surface area (Å²) in [7, 11) is 0. The zero-order chi connectivity index (χ0) is 14.5. The molecule has 7 heteroatoms. The van der Waals surface area contributed by atoms with Crippen molar-refractivity contribution in [3.05, 3.63) is 41.7 Å². The lowest BCUT2D eigenvalue weighted by Gasteiger charge is -2.34. The minimum atomic E-state index is -0.0161. The van der Waals surface area contributed by atoms with Crippen molar-refractivity contribution in [2.45, 2.75) is 6.54 Å². The van der Waals surface area contributed by atoms with Crippen LogP contribution in [0, 0.1) is 0 Å². The van der Waals surface area contributed by atoms with Gasteiger partial charge in [0, 0.05) is 56.7 Å². The lowest BCUT2D eigenvalue weighted by Crippen LogP contribution is -2.51. The van der Waals surface area contributed by atoms with Crippen LogP contribution < -0.4 is 10.2 Å². The van der Waals surface area contributed by atoms with Crippen LogP contribution in [-0.2, 0) is 6.54 Å². The number of anilines is 1. The van der Waals surface area contributed by atoms with Crippen molar-refractivity contribution in [1.29, 1.82) is 0 Å². The van der Waals surface area contributed by atoms with E-state index in [1.165, 1.54) is 0 Å². The molecule has 2 aromatic rings. The van der Waals surface area contributed by atoms with E-state index in [1.54, 1.807) is 23.7 Å². The van der Waals surface area contributed by atoms with Crippen LogP contribution in [0.4, 0.5) is 9.93 Å². The second kappa shape index (κ2) is 6.53. The number of hydrogen-bond donors (Lipinski definition) is 1. The summed E-state index contributed by atoms with van der Waals surface area (Å²) >= 11 is 1.64. The standard InChI is InChI=1S/C14H17N5OS/c20-13(17-11-12-2-1-3-15-10-12)18-5-7-19(8-6-18)14-16-4-9-21-14/h1-4,9-10H,5-8,11H2,(H,17,20). The highest BCUT2D eigenvalue weighted by molar-refractivity contribution is 7.13. The van der Waals surface area contributed by atoms with E-state index in [4.69, 9.17) is 0 Å². The van der Waals surface area contributed by atoms with Gasteiger partial charge in [-0.2, -0.15) is 0 Å². The van der Waals surface area contributed by atoms with E-state index in [2.05, 4.69) is 20.2 Å². The summed E-state index contributed by atoms with van der Waals surface area (Å²) in [4.78, 5) is 24.5. The molecular weight excluding hydrogens is 286 g/mol. The van der Waals surface area contributed by atoms with Crippen LogP contribution in [0.25, 0.3) is 0 Å². The van der Waals surface area contributed by atoms with Crippen LogP contribution in [0.2, 0.25) is 0 Å². The van der Waals surface area contributed by atoms with Gasteiger partial charge >= 0.3 is 6.03 Å². The van der Waals surface area contributed by atoms with Crippen LogP contribution in [0.15, 0.2) is 36.1 Å². The Morgan fingerprint density at radius 1 is 1.29 bits per heavy atom. The van der Waals surface area contributed by atoms with Crippen molar-refractivity contribution in [2.75, 3.05) is 31.1 Å². The molecule has 1 fully saturated rings. The van der Waals surface area contributed by atoms with Crippen LogP contribution >= 0.6 is 11.3 Å². The second-order valence-electron chi connectivity index (χ2n) is 4.81. The number of carbonyl (C=O) groups is 1. The van der Waals surface area contributed by atoms with Gasteiger partial charge in [0.15, 0.2) is 5.13 Å². The van der Waals surface area contributed by atoms with Gasteiger partial charge in [-0.25, -0.2) is 9.78 Å². The molecule has 3 heterocycles. The number of pyridine rings is 1. The Labute approximate surface area is 127 Å². The number of carbonyl (C=O) groups excluding carboxylic acids is 1. The van der Waals surface area contributed by atoms with E-state index in [0.29, 0.717) is 6.54 Å². The summed E-state index contributed by atoms with van der Waals surface area (Å²) in [6.07, 6.45) is 5.30. The van der Waals surface area contributed by atoms with Crippen molar-refractivity contribution >= 4 is 22.5 Å².